The van der Waals surface area contributed by atoms with Gasteiger partial charge in [-0.1, -0.05) is 81.1 Å². The van der Waals surface area contributed by atoms with Crippen molar-refractivity contribution in [1.82, 2.24) is 0 Å². The lowest BCUT2D eigenvalue weighted by molar-refractivity contribution is 0.473. The van der Waals surface area contributed by atoms with Crippen LogP contribution in [0.5, 0.6) is 0 Å². The van der Waals surface area contributed by atoms with Gasteiger partial charge in [-0.3, -0.25) is 0 Å². The van der Waals surface area contributed by atoms with Crippen LogP contribution in [0.2, 0.25) is 0 Å². The number of anilines is 1. The minimum absolute atomic E-state index is 0.653. The molecule has 5 heteroatoms. The lowest BCUT2D eigenvalue weighted by Gasteiger charge is -2.17. The van der Waals surface area contributed by atoms with Crippen molar-refractivity contribution in [1.29, 1.82) is 0 Å². The SMILES string of the molecule is CCCCC(CC)CNc1ccc2ccccc2c1N=Nc1ccc(N=Nc2ccc(C)cc2)c(C)c1. The first-order valence-electron chi connectivity index (χ1n) is 13.3. The van der Waals surface area contributed by atoms with Crippen molar-refractivity contribution < 1.29 is 0 Å². The molecule has 0 aromatic heterocycles. The molecule has 0 bridgehead atoms. The summed E-state index contributed by atoms with van der Waals surface area (Å²) in [7, 11) is 0. The summed E-state index contributed by atoms with van der Waals surface area (Å²) in [6, 6.07) is 26.5. The summed E-state index contributed by atoms with van der Waals surface area (Å²) in [5.74, 6) is 0.653. The maximum Gasteiger partial charge on any atom is 0.117 e. The molecule has 0 fully saturated rings. The lowest BCUT2D eigenvalue weighted by Crippen LogP contribution is -2.13. The van der Waals surface area contributed by atoms with Crippen molar-refractivity contribution >= 4 is 39.2 Å². The van der Waals surface area contributed by atoms with E-state index in [9.17, 15) is 0 Å². The molecule has 0 saturated heterocycles. The molecule has 0 aliphatic heterocycles. The summed E-state index contributed by atoms with van der Waals surface area (Å²) in [4.78, 5) is 0. The number of aryl methyl sites for hydroxylation is 2. The average molecular weight is 492 g/mol. The third-order valence-corrected chi connectivity index (χ3v) is 6.78. The highest BCUT2D eigenvalue weighted by Crippen LogP contribution is 2.36. The normalized spacial score (nSPS) is 12.5. The zero-order chi connectivity index (χ0) is 26.0. The standard InChI is InChI=1S/C32H37N5/c1-5-7-10-25(6-2)22-33-31-19-15-26-11-8-9-12-29(26)32(31)37-35-28-18-20-30(24(4)21-28)36-34-27-16-13-23(3)14-17-27/h8-9,11-21,25,33H,5-7,10,22H2,1-4H3. The Balaban J connectivity index is 1.56. The van der Waals surface area contributed by atoms with Crippen molar-refractivity contribution in [3.05, 3.63) is 90.0 Å². The number of unbranched alkanes of at least 4 members (excludes halogenated alkanes) is 1. The molecule has 1 N–H and O–H groups in total. The van der Waals surface area contributed by atoms with Gasteiger partial charge in [0.15, 0.2) is 0 Å². The Bertz CT molecular complexity index is 1370. The Labute approximate surface area is 220 Å². The van der Waals surface area contributed by atoms with Crippen LogP contribution in [0.15, 0.2) is 99.3 Å². The number of hydrogen-bond acceptors (Lipinski definition) is 5. The van der Waals surface area contributed by atoms with E-state index in [2.05, 4.69) is 77.8 Å². The molecule has 0 radical (unpaired) electrons. The van der Waals surface area contributed by atoms with Crippen molar-refractivity contribution in [3.8, 4) is 0 Å². The van der Waals surface area contributed by atoms with Gasteiger partial charge in [0.25, 0.3) is 0 Å². The molecule has 0 aliphatic carbocycles. The number of rotatable bonds is 11. The van der Waals surface area contributed by atoms with Crippen molar-refractivity contribution in [2.24, 2.45) is 26.4 Å². The van der Waals surface area contributed by atoms with E-state index in [0.717, 1.165) is 51.3 Å². The number of benzene rings is 4. The van der Waals surface area contributed by atoms with Gasteiger partial charge in [0.2, 0.25) is 0 Å². The average Bonchev–Trinajstić information content (AvgIpc) is 2.92. The zero-order valence-electron chi connectivity index (χ0n) is 22.4. The third kappa shape index (κ3) is 7.10. The zero-order valence-corrected chi connectivity index (χ0v) is 22.4. The van der Waals surface area contributed by atoms with Crippen molar-refractivity contribution in [2.45, 2.75) is 53.4 Å². The Morgan fingerprint density at radius 3 is 2.27 bits per heavy atom. The highest BCUT2D eigenvalue weighted by Gasteiger charge is 2.11. The highest BCUT2D eigenvalue weighted by atomic mass is 15.1. The summed E-state index contributed by atoms with van der Waals surface area (Å²) in [5, 5.41) is 24.1. The van der Waals surface area contributed by atoms with Crippen LogP contribution in [0.4, 0.5) is 28.4 Å². The maximum atomic E-state index is 4.75. The van der Waals surface area contributed by atoms with E-state index in [1.54, 1.807) is 0 Å². The number of nitrogens with zero attached hydrogens (tertiary/aromatic N) is 4. The van der Waals surface area contributed by atoms with Gasteiger partial charge in [-0.25, -0.2) is 0 Å². The number of azo groups is 2. The van der Waals surface area contributed by atoms with Crippen molar-refractivity contribution in [2.75, 3.05) is 11.9 Å². The molecule has 0 aliphatic rings. The molecule has 0 spiro atoms. The molecule has 4 rings (SSSR count). The van der Waals surface area contributed by atoms with E-state index in [0.29, 0.717) is 5.92 Å². The van der Waals surface area contributed by atoms with E-state index < -0.39 is 0 Å². The summed E-state index contributed by atoms with van der Waals surface area (Å²) in [5.41, 5.74) is 6.57. The Kier molecular flexibility index (Phi) is 9.14. The second-order valence-corrected chi connectivity index (χ2v) is 9.69. The molecule has 37 heavy (non-hydrogen) atoms. The van der Waals surface area contributed by atoms with Crippen LogP contribution in [0.1, 0.15) is 50.7 Å². The van der Waals surface area contributed by atoms with Crippen LogP contribution >= 0.6 is 0 Å². The topological polar surface area (TPSA) is 61.5 Å². The van der Waals surface area contributed by atoms with Crippen molar-refractivity contribution in [3.63, 3.8) is 0 Å². The molecule has 190 valence electrons. The number of hydrogen-bond donors (Lipinski definition) is 1. The summed E-state index contributed by atoms with van der Waals surface area (Å²) in [6.07, 6.45) is 4.92. The first-order chi connectivity index (χ1) is 18.1. The summed E-state index contributed by atoms with van der Waals surface area (Å²) in [6.45, 7) is 9.55. The van der Waals surface area contributed by atoms with Gasteiger partial charge >= 0.3 is 0 Å². The minimum atomic E-state index is 0.653. The molecule has 1 unspecified atom stereocenters. The smallest absolute Gasteiger partial charge is 0.117 e. The van der Waals surface area contributed by atoms with Gasteiger partial charge in [-0.15, -0.1) is 5.11 Å². The number of nitrogens with one attached hydrogen (secondary N) is 1. The van der Waals surface area contributed by atoms with Crippen LogP contribution in [0, 0.1) is 19.8 Å². The number of fused-ring (bicyclic) bond motifs is 1. The van der Waals surface area contributed by atoms with Crippen LogP contribution in [-0.2, 0) is 0 Å². The van der Waals surface area contributed by atoms with Gasteiger partial charge in [-0.05, 0) is 73.5 Å². The molecule has 4 aromatic carbocycles. The predicted molar refractivity (Wildman–Crippen MR) is 156 cm³/mol. The molecule has 1 atom stereocenters. The molecule has 0 saturated carbocycles. The van der Waals surface area contributed by atoms with E-state index in [1.165, 1.54) is 31.2 Å². The van der Waals surface area contributed by atoms with Crippen LogP contribution in [-0.4, -0.2) is 6.54 Å². The van der Waals surface area contributed by atoms with E-state index in [4.69, 9.17) is 5.11 Å². The summed E-state index contributed by atoms with van der Waals surface area (Å²) < 4.78 is 0. The fourth-order valence-corrected chi connectivity index (χ4v) is 4.35. The van der Waals surface area contributed by atoms with E-state index in [1.807, 2.05) is 49.4 Å². The Hall–Kier alpha value is -3.86. The monoisotopic (exact) mass is 491 g/mol. The maximum absolute atomic E-state index is 4.75. The van der Waals surface area contributed by atoms with Gasteiger partial charge in [-0.2, -0.15) is 15.3 Å². The lowest BCUT2D eigenvalue weighted by atomic mass is 9.99. The van der Waals surface area contributed by atoms with Gasteiger partial charge in [0.1, 0.15) is 5.69 Å². The second kappa shape index (κ2) is 12.9. The molecule has 0 heterocycles. The first-order valence-corrected chi connectivity index (χ1v) is 13.3. The predicted octanol–water partition coefficient (Wildman–Crippen LogP) is 10.9. The Morgan fingerprint density at radius 2 is 1.51 bits per heavy atom. The van der Waals surface area contributed by atoms with E-state index >= 15 is 0 Å². The molecule has 4 aromatic rings. The van der Waals surface area contributed by atoms with Crippen LogP contribution in [0.25, 0.3) is 10.8 Å². The molecule has 5 nitrogen and oxygen atoms in total. The second-order valence-electron chi connectivity index (χ2n) is 9.69. The van der Waals surface area contributed by atoms with Gasteiger partial charge in [0, 0.05) is 11.9 Å². The van der Waals surface area contributed by atoms with Gasteiger partial charge < -0.3 is 5.32 Å². The highest BCUT2D eigenvalue weighted by molar-refractivity contribution is 5.98. The fourth-order valence-electron chi connectivity index (χ4n) is 4.35. The van der Waals surface area contributed by atoms with E-state index in [-0.39, 0.29) is 0 Å². The fraction of sp³-hybridized carbons (Fsp3) is 0.312. The minimum Gasteiger partial charge on any atom is -0.383 e. The molecular formula is C32H37N5. The first kappa shape index (κ1) is 26.2. The Morgan fingerprint density at radius 1 is 0.757 bits per heavy atom. The van der Waals surface area contributed by atoms with Crippen LogP contribution in [0.3, 0.4) is 0 Å². The third-order valence-electron chi connectivity index (χ3n) is 6.78. The van der Waals surface area contributed by atoms with Gasteiger partial charge in [0.05, 0.1) is 22.7 Å². The largest absolute Gasteiger partial charge is 0.383 e. The molecular weight excluding hydrogens is 454 g/mol. The summed E-state index contributed by atoms with van der Waals surface area (Å²) >= 11 is 0. The van der Waals surface area contributed by atoms with Crippen LogP contribution < -0.4 is 5.32 Å². The quantitative estimate of drug-likeness (QED) is 0.208. The molecule has 0 amide bonds.